The molecule has 108 valence electrons. The summed E-state index contributed by atoms with van der Waals surface area (Å²) in [5.74, 6) is 0.993. The van der Waals surface area contributed by atoms with E-state index in [1.807, 2.05) is 0 Å². The molecule has 19 heavy (non-hydrogen) atoms. The molecule has 6 nitrogen and oxygen atoms in total. The Morgan fingerprint density at radius 2 is 2.16 bits per heavy atom. The van der Waals surface area contributed by atoms with Gasteiger partial charge in [-0.05, 0) is 12.8 Å². The van der Waals surface area contributed by atoms with Crippen LogP contribution < -0.4 is 5.32 Å². The van der Waals surface area contributed by atoms with Crippen molar-refractivity contribution in [1.29, 1.82) is 0 Å². The highest BCUT2D eigenvalue weighted by Gasteiger charge is 2.34. The molecule has 0 bridgehead atoms. The van der Waals surface area contributed by atoms with Crippen molar-refractivity contribution in [3.05, 3.63) is 11.8 Å². The number of aromatic nitrogens is 2. The number of nitrogens with one attached hydrogen (secondary N) is 1. The van der Waals surface area contributed by atoms with E-state index in [0.717, 1.165) is 19.4 Å². The van der Waals surface area contributed by atoms with E-state index >= 15 is 0 Å². The minimum atomic E-state index is -3.11. The van der Waals surface area contributed by atoms with Crippen molar-refractivity contribution in [1.82, 2.24) is 15.5 Å². The first-order valence-corrected chi connectivity index (χ1v) is 8.48. The van der Waals surface area contributed by atoms with Gasteiger partial charge in [0.05, 0.1) is 5.75 Å². The summed E-state index contributed by atoms with van der Waals surface area (Å²) < 4.78 is 29.4. The monoisotopic (exact) mass is 287 g/mol. The number of sulfone groups is 1. The second-order valence-corrected chi connectivity index (χ2v) is 7.55. The van der Waals surface area contributed by atoms with Crippen molar-refractivity contribution in [2.24, 2.45) is 0 Å². The molecule has 0 amide bonds. The molecular formula is C12H21N3O3S. The highest BCUT2D eigenvalue weighted by atomic mass is 32.2. The summed E-state index contributed by atoms with van der Waals surface area (Å²) in [6, 6.07) is 0.404. The van der Waals surface area contributed by atoms with Crippen LogP contribution in [0, 0.1) is 0 Å². The van der Waals surface area contributed by atoms with Crippen molar-refractivity contribution in [3.8, 4) is 0 Å². The first kappa shape index (κ1) is 14.5. The largest absolute Gasteiger partial charge is 0.424 e. The van der Waals surface area contributed by atoms with E-state index in [9.17, 15) is 8.42 Å². The first-order valence-electron chi connectivity index (χ1n) is 6.76. The van der Waals surface area contributed by atoms with Crippen LogP contribution in [0.4, 0.5) is 0 Å². The molecule has 1 unspecified atom stereocenters. The van der Waals surface area contributed by atoms with Gasteiger partial charge in [0.1, 0.15) is 5.25 Å². The van der Waals surface area contributed by atoms with Gasteiger partial charge in [-0.1, -0.05) is 20.3 Å². The van der Waals surface area contributed by atoms with Gasteiger partial charge in [0, 0.05) is 19.0 Å². The van der Waals surface area contributed by atoms with Crippen LogP contribution in [0.1, 0.15) is 50.1 Å². The number of rotatable bonds is 5. The average molecular weight is 287 g/mol. The molecule has 1 fully saturated rings. The van der Waals surface area contributed by atoms with Gasteiger partial charge in [-0.25, -0.2) is 8.42 Å². The SMILES string of the molecule is CC(C)NCCc1nnc(C2CCCCS2(=O)=O)o1. The fraction of sp³-hybridized carbons (Fsp3) is 0.833. The summed E-state index contributed by atoms with van der Waals surface area (Å²) in [6.45, 7) is 4.87. The van der Waals surface area contributed by atoms with E-state index in [1.54, 1.807) is 0 Å². The Kier molecular flexibility index (Phi) is 4.57. The van der Waals surface area contributed by atoms with Crippen LogP contribution in [0.3, 0.4) is 0 Å². The van der Waals surface area contributed by atoms with E-state index in [2.05, 4.69) is 29.4 Å². The predicted octanol–water partition coefficient (Wildman–Crippen LogP) is 1.25. The van der Waals surface area contributed by atoms with Crippen LogP contribution >= 0.6 is 0 Å². The zero-order valence-corrected chi connectivity index (χ0v) is 12.2. The summed E-state index contributed by atoms with van der Waals surface area (Å²) in [7, 11) is -3.11. The van der Waals surface area contributed by atoms with E-state index < -0.39 is 15.1 Å². The van der Waals surface area contributed by atoms with E-state index in [0.29, 0.717) is 24.8 Å². The molecule has 2 heterocycles. The summed E-state index contributed by atoms with van der Waals surface area (Å²) in [5.41, 5.74) is 0. The molecule has 1 saturated heterocycles. The van der Waals surface area contributed by atoms with Crippen molar-refractivity contribution in [2.75, 3.05) is 12.3 Å². The first-order chi connectivity index (χ1) is 8.99. The average Bonchev–Trinajstić information content (AvgIpc) is 2.76. The molecule has 0 aromatic carbocycles. The zero-order chi connectivity index (χ0) is 13.9. The van der Waals surface area contributed by atoms with Crippen LogP contribution in [0.2, 0.25) is 0 Å². The Balaban J connectivity index is 2.00. The van der Waals surface area contributed by atoms with Crippen LogP contribution in [0.5, 0.6) is 0 Å². The molecule has 1 N–H and O–H groups in total. The standard InChI is InChI=1S/C12H21N3O3S/c1-9(2)13-7-6-11-14-15-12(18-11)10-5-3-4-8-19(10,16)17/h9-10,13H,3-8H2,1-2H3. The summed E-state index contributed by atoms with van der Waals surface area (Å²) in [5, 5.41) is 10.5. The van der Waals surface area contributed by atoms with Crippen molar-refractivity contribution in [3.63, 3.8) is 0 Å². The number of hydrogen-bond acceptors (Lipinski definition) is 6. The molecule has 1 aliphatic rings. The zero-order valence-electron chi connectivity index (χ0n) is 11.4. The lowest BCUT2D eigenvalue weighted by molar-refractivity contribution is 0.417. The summed E-state index contributed by atoms with van der Waals surface area (Å²) >= 11 is 0. The molecule has 0 aliphatic carbocycles. The fourth-order valence-electron chi connectivity index (χ4n) is 2.20. The van der Waals surface area contributed by atoms with Gasteiger partial charge in [0.25, 0.3) is 0 Å². The molecule has 1 atom stereocenters. The Hall–Kier alpha value is -0.950. The Morgan fingerprint density at radius 1 is 1.37 bits per heavy atom. The highest BCUT2D eigenvalue weighted by Crippen LogP contribution is 2.32. The molecule has 0 spiro atoms. The third-order valence-corrected chi connectivity index (χ3v) is 5.39. The van der Waals surface area contributed by atoms with Gasteiger partial charge in [-0.3, -0.25) is 0 Å². The smallest absolute Gasteiger partial charge is 0.234 e. The lowest BCUT2D eigenvalue weighted by atomic mass is 10.2. The summed E-state index contributed by atoms with van der Waals surface area (Å²) in [6.07, 6.45) is 2.85. The van der Waals surface area contributed by atoms with Gasteiger partial charge < -0.3 is 9.73 Å². The topological polar surface area (TPSA) is 85.1 Å². The second kappa shape index (κ2) is 6.00. The normalized spacial score (nSPS) is 22.8. The minimum absolute atomic E-state index is 0.226. The van der Waals surface area contributed by atoms with Crippen molar-refractivity contribution >= 4 is 9.84 Å². The summed E-state index contributed by atoms with van der Waals surface area (Å²) in [4.78, 5) is 0. The van der Waals surface area contributed by atoms with Crippen LogP contribution in [-0.4, -0.2) is 37.0 Å². The molecular weight excluding hydrogens is 266 g/mol. The number of nitrogens with zero attached hydrogens (tertiary/aromatic N) is 2. The maximum atomic E-state index is 12.0. The lowest BCUT2D eigenvalue weighted by Crippen LogP contribution is -2.25. The van der Waals surface area contributed by atoms with Crippen molar-refractivity contribution < 1.29 is 12.8 Å². The molecule has 2 rings (SSSR count). The maximum Gasteiger partial charge on any atom is 0.234 e. The predicted molar refractivity (Wildman–Crippen MR) is 71.5 cm³/mol. The molecule has 7 heteroatoms. The highest BCUT2D eigenvalue weighted by molar-refractivity contribution is 7.91. The maximum absolute atomic E-state index is 12.0. The van der Waals surface area contributed by atoms with E-state index in [-0.39, 0.29) is 11.6 Å². The lowest BCUT2D eigenvalue weighted by Gasteiger charge is -2.18. The van der Waals surface area contributed by atoms with Gasteiger partial charge in [0.2, 0.25) is 11.8 Å². The van der Waals surface area contributed by atoms with Gasteiger partial charge in [-0.15, -0.1) is 10.2 Å². The van der Waals surface area contributed by atoms with Crippen LogP contribution in [0.25, 0.3) is 0 Å². The van der Waals surface area contributed by atoms with Crippen molar-refractivity contribution in [2.45, 2.75) is 50.8 Å². The third kappa shape index (κ3) is 3.76. The Morgan fingerprint density at radius 3 is 2.84 bits per heavy atom. The third-order valence-electron chi connectivity index (χ3n) is 3.23. The number of hydrogen-bond donors (Lipinski definition) is 1. The van der Waals surface area contributed by atoms with Gasteiger partial charge in [0.15, 0.2) is 9.84 Å². The minimum Gasteiger partial charge on any atom is -0.424 e. The molecule has 1 aliphatic heterocycles. The molecule has 0 saturated carbocycles. The van der Waals surface area contributed by atoms with Gasteiger partial charge >= 0.3 is 0 Å². The van der Waals surface area contributed by atoms with Crippen LogP contribution in [-0.2, 0) is 16.3 Å². The fourth-order valence-corrected chi connectivity index (χ4v) is 4.02. The van der Waals surface area contributed by atoms with E-state index in [1.165, 1.54) is 0 Å². The second-order valence-electron chi connectivity index (χ2n) is 5.24. The molecule has 1 aromatic heterocycles. The van der Waals surface area contributed by atoms with Crippen LogP contribution in [0.15, 0.2) is 4.42 Å². The molecule has 1 aromatic rings. The Bertz CT molecular complexity index is 510. The quantitative estimate of drug-likeness (QED) is 0.877. The Labute approximate surface area is 113 Å². The molecule has 0 radical (unpaired) electrons. The van der Waals surface area contributed by atoms with E-state index in [4.69, 9.17) is 4.42 Å². The van der Waals surface area contributed by atoms with Gasteiger partial charge in [-0.2, -0.15) is 0 Å².